The van der Waals surface area contributed by atoms with E-state index in [-0.39, 0.29) is 0 Å². The van der Waals surface area contributed by atoms with Crippen molar-refractivity contribution < 1.29 is 0 Å². The van der Waals surface area contributed by atoms with Gasteiger partial charge in [-0.25, -0.2) is 0 Å². The monoisotopic (exact) mass is 682 g/mol. The van der Waals surface area contributed by atoms with Crippen molar-refractivity contribution in [2.24, 2.45) is 0 Å². The highest BCUT2D eigenvalue weighted by Gasteiger charge is 2.21. The molecule has 54 heavy (non-hydrogen) atoms. The standard InChI is InChI=1S/C54H34/c1-2-16-37-34-38(29-28-35(37)14-1)40-30-32-51(44-21-7-5-19-41(40)44)53-47-23-9-11-25-49(47)54(50-26-12-10-24-48(50)53)52-33-31-46(43-20-6-8-22-45(43)52)42-27-13-17-36-15-3-4-18-39(36)42/h1-34H. The summed E-state index contributed by atoms with van der Waals surface area (Å²) in [5.41, 5.74) is 10.1. The molecule has 0 amide bonds. The van der Waals surface area contributed by atoms with E-state index in [0.29, 0.717) is 0 Å². The van der Waals surface area contributed by atoms with Gasteiger partial charge in [0.15, 0.2) is 0 Å². The topological polar surface area (TPSA) is 0 Å². The fourth-order valence-corrected chi connectivity index (χ4v) is 9.05. The van der Waals surface area contributed by atoms with Crippen LogP contribution in [0, 0.1) is 0 Å². The van der Waals surface area contributed by atoms with Crippen molar-refractivity contribution in [1.29, 1.82) is 0 Å². The number of fused-ring (bicyclic) bond motifs is 6. The lowest BCUT2D eigenvalue weighted by molar-refractivity contribution is 1.66. The van der Waals surface area contributed by atoms with E-state index in [0.717, 1.165) is 0 Å². The van der Waals surface area contributed by atoms with Crippen molar-refractivity contribution in [3.63, 3.8) is 0 Å². The van der Waals surface area contributed by atoms with Gasteiger partial charge in [-0.1, -0.05) is 200 Å². The maximum Gasteiger partial charge on any atom is -0.00201 e. The molecule has 11 aromatic rings. The molecule has 0 heteroatoms. The Labute approximate surface area is 314 Å². The lowest BCUT2D eigenvalue weighted by Gasteiger charge is -2.21. The lowest BCUT2D eigenvalue weighted by atomic mass is 9.82. The average Bonchev–Trinajstić information content (AvgIpc) is 3.25. The quantitative estimate of drug-likeness (QED) is 0.162. The zero-order chi connectivity index (χ0) is 35.6. The molecular weight excluding hydrogens is 649 g/mol. The molecule has 11 aromatic carbocycles. The van der Waals surface area contributed by atoms with Gasteiger partial charge in [-0.05, 0) is 115 Å². The Morgan fingerprint density at radius 1 is 0.185 bits per heavy atom. The third kappa shape index (κ3) is 4.71. The molecule has 0 aliphatic heterocycles. The van der Waals surface area contributed by atoms with Crippen LogP contribution in [0.5, 0.6) is 0 Å². The van der Waals surface area contributed by atoms with Crippen LogP contribution in [0.2, 0.25) is 0 Å². The molecule has 0 N–H and O–H groups in total. The van der Waals surface area contributed by atoms with Crippen LogP contribution >= 0.6 is 0 Å². The molecule has 0 radical (unpaired) electrons. The van der Waals surface area contributed by atoms with Crippen molar-refractivity contribution in [3.05, 3.63) is 206 Å². The molecule has 11 rings (SSSR count). The summed E-state index contributed by atoms with van der Waals surface area (Å²) in [6.07, 6.45) is 0. The first-order valence-electron chi connectivity index (χ1n) is 18.8. The minimum Gasteiger partial charge on any atom is -0.0616 e. The van der Waals surface area contributed by atoms with E-state index in [4.69, 9.17) is 0 Å². The van der Waals surface area contributed by atoms with Gasteiger partial charge in [0.05, 0.1) is 0 Å². The van der Waals surface area contributed by atoms with Gasteiger partial charge in [0, 0.05) is 0 Å². The molecule has 0 bridgehead atoms. The molecule has 0 nitrogen and oxygen atoms in total. The molecule has 250 valence electrons. The van der Waals surface area contributed by atoms with Gasteiger partial charge in [0.1, 0.15) is 0 Å². The average molecular weight is 683 g/mol. The van der Waals surface area contributed by atoms with Crippen LogP contribution in [-0.2, 0) is 0 Å². The van der Waals surface area contributed by atoms with Crippen molar-refractivity contribution in [2.75, 3.05) is 0 Å². The number of benzene rings is 11. The van der Waals surface area contributed by atoms with Gasteiger partial charge >= 0.3 is 0 Å². The highest BCUT2D eigenvalue weighted by atomic mass is 14.2. The predicted molar refractivity (Wildman–Crippen MR) is 233 cm³/mol. The van der Waals surface area contributed by atoms with Crippen LogP contribution in [0.15, 0.2) is 206 Å². The van der Waals surface area contributed by atoms with E-state index in [1.54, 1.807) is 0 Å². The molecule has 0 saturated carbocycles. The van der Waals surface area contributed by atoms with Crippen LogP contribution in [-0.4, -0.2) is 0 Å². The van der Waals surface area contributed by atoms with E-state index in [9.17, 15) is 0 Å². The summed E-state index contributed by atoms with van der Waals surface area (Å²) in [4.78, 5) is 0. The zero-order valence-electron chi connectivity index (χ0n) is 29.6. The SMILES string of the molecule is c1ccc2cc(-c3ccc(-c4c5ccccc5c(-c5ccc(-c6cccc7ccccc67)c6ccccc56)c5ccccc45)c4ccccc34)ccc2c1. The molecule has 0 unspecified atom stereocenters. The van der Waals surface area contributed by atoms with Crippen molar-refractivity contribution >= 4 is 64.6 Å². The summed E-state index contributed by atoms with van der Waals surface area (Å²) in [6.45, 7) is 0. The van der Waals surface area contributed by atoms with E-state index in [1.165, 1.54) is 109 Å². The van der Waals surface area contributed by atoms with Gasteiger partial charge in [-0.2, -0.15) is 0 Å². The highest BCUT2D eigenvalue weighted by Crippen LogP contribution is 2.48. The maximum atomic E-state index is 2.36. The van der Waals surface area contributed by atoms with Crippen molar-refractivity contribution in [2.45, 2.75) is 0 Å². The van der Waals surface area contributed by atoms with E-state index in [1.807, 2.05) is 0 Å². The van der Waals surface area contributed by atoms with Gasteiger partial charge in [-0.3, -0.25) is 0 Å². The molecule has 0 heterocycles. The van der Waals surface area contributed by atoms with Crippen LogP contribution in [0.1, 0.15) is 0 Å². The minimum absolute atomic E-state index is 1.24. The largest absolute Gasteiger partial charge is 0.0616 e. The maximum absolute atomic E-state index is 2.36. The predicted octanol–water partition coefficient (Wildman–Crippen LogP) is 15.3. The molecule has 0 aliphatic carbocycles. The first-order chi connectivity index (χ1) is 26.8. The molecule has 0 saturated heterocycles. The van der Waals surface area contributed by atoms with Gasteiger partial charge in [-0.15, -0.1) is 0 Å². The van der Waals surface area contributed by atoms with Crippen LogP contribution in [0.25, 0.3) is 109 Å². The lowest BCUT2D eigenvalue weighted by Crippen LogP contribution is -1.93. The van der Waals surface area contributed by atoms with Crippen LogP contribution in [0.3, 0.4) is 0 Å². The number of hydrogen-bond acceptors (Lipinski definition) is 0. The van der Waals surface area contributed by atoms with Crippen molar-refractivity contribution in [1.82, 2.24) is 0 Å². The van der Waals surface area contributed by atoms with Gasteiger partial charge in [0.2, 0.25) is 0 Å². The number of hydrogen-bond donors (Lipinski definition) is 0. The van der Waals surface area contributed by atoms with Crippen LogP contribution in [0.4, 0.5) is 0 Å². The summed E-state index contributed by atoms with van der Waals surface area (Å²) >= 11 is 0. The first kappa shape index (κ1) is 30.6. The Morgan fingerprint density at radius 2 is 0.556 bits per heavy atom. The molecular formula is C54H34. The third-order valence-corrected chi connectivity index (χ3v) is 11.5. The molecule has 0 aliphatic rings. The summed E-state index contributed by atoms with van der Waals surface area (Å²) in [6, 6.07) is 76.1. The Kier molecular flexibility index (Phi) is 6.97. The number of rotatable bonds is 4. The molecule has 0 aromatic heterocycles. The van der Waals surface area contributed by atoms with E-state index < -0.39 is 0 Å². The first-order valence-corrected chi connectivity index (χ1v) is 18.8. The second-order valence-electron chi connectivity index (χ2n) is 14.3. The molecule has 0 atom stereocenters. The minimum atomic E-state index is 1.24. The highest BCUT2D eigenvalue weighted by molar-refractivity contribution is 6.26. The van der Waals surface area contributed by atoms with Crippen molar-refractivity contribution in [3.8, 4) is 44.5 Å². The van der Waals surface area contributed by atoms with E-state index in [2.05, 4.69) is 206 Å². The van der Waals surface area contributed by atoms with E-state index >= 15 is 0 Å². The van der Waals surface area contributed by atoms with Gasteiger partial charge < -0.3 is 0 Å². The normalized spacial score (nSPS) is 11.7. The van der Waals surface area contributed by atoms with Gasteiger partial charge in [0.25, 0.3) is 0 Å². The second-order valence-corrected chi connectivity index (χ2v) is 14.3. The fourth-order valence-electron chi connectivity index (χ4n) is 9.05. The Balaban J connectivity index is 1.18. The smallest absolute Gasteiger partial charge is 0.00201 e. The molecule has 0 spiro atoms. The summed E-state index contributed by atoms with van der Waals surface area (Å²) in [7, 11) is 0. The fraction of sp³-hybridized carbons (Fsp3) is 0. The summed E-state index contributed by atoms with van der Waals surface area (Å²) in [5.74, 6) is 0. The Bertz CT molecular complexity index is 3210. The zero-order valence-corrected chi connectivity index (χ0v) is 29.6. The summed E-state index contributed by atoms with van der Waals surface area (Å²) in [5, 5.41) is 15.1. The third-order valence-electron chi connectivity index (χ3n) is 11.5. The molecule has 0 fully saturated rings. The Morgan fingerprint density at radius 3 is 1.13 bits per heavy atom. The summed E-state index contributed by atoms with van der Waals surface area (Å²) < 4.78 is 0. The Hall–Kier alpha value is -7.02. The second kappa shape index (κ2) is 12.3. The van der Waals surface area contributed by atoms with Crippen LogP contribution < -0.4 is 0 Å².